The number of likely N-dealkylation sites (N-methyl/N-ethyl adjacent to an activating group) is 1. The van der Waals surface area contributed by atoms with Crippen molar-refractivity contribution < 1.29 is 28.7 Å². The Morgan fingerprint density at radius 1 is 0.878 bits per heavy atom. The smallest absolute Gasteiger partial charge is 0.408 e. The first-order chi connectivity index (χ1) is 19.2. The van der Waals surface area contributed by atoms with E-state index < -0.39 is 35.5 Å². The van der Waals surface area contributed by atoms with Gasteiger partial charge in [0.2, 0.25) is 5.91 Å². The van der Waals surface area contributed by atoms with Crippen LogP contribution in [0.15, 0.2) is 42.5 Å². The fourth-order valence-corrected chi connectivity index (χ4v) is 4.73. The minimum atomic E-state index is -0.971. The summed E-state index contributed by atoms with van der Waals surface area (Å²) >= 11 is 0. The van der Waals surface area contributed by atoms with Crippen molar-refractivity contribution in [3.63, 3.8) is 0 Å². The number of ether oxygens (including phenoxy) is 2. The van der Waals surface area contributed by atoms with Gasteiger partial charge in [0, 0.05) is 26.6 Å². The summed E-state index contributed by atoms with van der Waals surface area (Å²) in [6.45, 7) is 9.13. The van der Waals surface area contributed by atoms with Gasteiger partial charge in [0.15, 0.2) is 0 Å². The van der Waals surface area contributed by atoms with Crippen LogP contribution in [0.25, 0.3) is 0 Å². The molecule has 12 heteroatoms. The van der Waals surface area contributed by atoms with Crippen molar-refractivity contribution in [3.8, 4) is 0 Å². The third-order valence-corrected chi connectivity index (χ3v) is 6.57. The maximum atomic E-state index is 13.2. The summed E-state index contributed by atoms with van der Waals surface area (Å²) in [7, 11) is 1.64. The Bertz CT molecular complexity index is 1340. The first kappa shape index (κ1) is 29.5. The molecule has 1 unspecified atom stereocenters. The molecule has 2 atom stereocenters. The molecule has 2 aliphatic heterocycles. The molecule has 4 amide bonds. The van der Waals surface area contributed by atoms with Crippen LogP contribution in [-0.4, -0.2) is 67.4 Å². The van der Waals surface area contributed by atoms with Crippen LogP contribution in [0.5, 0.6) is 0 Å². The number of hydrogen-bond acceptors (Lipinski definition) is 8. The number of para-hydroxylation sites is 3. The van der Waals surface area contributed by atoms with Crippen LogP contribution < -0.4 is 31.5 Å². The Hall–Kier alpha value is -4.48. The number of alkyl carbamates (subject to hydrolysis) is 2. The fraction of sp³-hybridized carbons (Fsp3) is 0.448. The molecule has 0 bridgehead atoms. The van der Waals surface area contributed by atoms with E-state index in [0.29, 0.717) is 23.5 Å². The van der Waals surface area contributed by atoms with E-state index in [0.717, 1.165) is 11.3 Å². The van der Waals surface area contributed by atoms with Crippen LogP contribution >= 0.6 is 0 Å². The van der Waals surface area contributed by atoms with Crippen molar-refractivity contribution in [1.82, 2.24) is 10.6 Å². The Morgan fingerprint density at radius 2 is 1.51 bits per heavy atom. The van der Waals surface area contributed by atoms with Crippen LogP contribution in [0.2, 0.25) is 0 Å². The highest BCUT2D eigenvalue weighted by Crippen LogP contribution is 2.34. The Balaban J connectivity index is 1.41. The molecular formula is C29H38N6O6. The molecule has 0 saturated carbocycles. The first-order valence-electron chi connectivity index (χ1n) is 13.5. The number of carbonyl (C=O) groups excluding carboxylic acids is 4. The summed E-state index contributed by atoms with van der Waals surface area (Å²) in [5.41, 5.74) is 1.86. The van der Waals surface area contributed by atoms with E-state index in [1.807, 2.05) is 30.3 Å². The van der Waals surface area contributed by atoms with Crippen LogP contribution in [0, 0.1) is 0 Å². The molecule has 0 spiro atoms. The van der Waals surface area contributed by atoms with E-state index in [2.05, 4.69) is 26.6 Å². The molecule has 0 aromatic heterocycles. The maximum Gasteiger partial charge on any atom is 0.408 e. The molecule has 12 nitrogen and oxygen atoms in total. The summed E-state index contributed by atoms with van der Waals surface area (Å²) < 4.78 is 11.1. The molecule has 2 aromatic carbocycles. The van der Waals surface area contributed by atoms with Crippen LogP contribution in [-0.2, 0) is 25.5 Å². The number of nitrogens with zero attached hydrogens (tertiary/aromatic N) is 1. The third kappa shape index (κ3) is 7.38. The van der Waals surface area contributed by atoms with Gasteiger partial charge < -0.3 is 41.0 Å². The second-order valence-electron chi connectivity index (χ2n) is 11.7. The van der Waals surface area contributed by atoms with E-state index in [1.54, 1.807) is 53.8 Å². The van der Waals surface area contributed by atoms with E-state index in [-0.39, 0.29) is 24.9 Å². The first-order valence-corrected chi connectivity index (χ1v) is 13.5. The molecule has 2 aromatic rings. The lowest BCUT2D eigenvalue weighted by molar-refractivity contribution is -0.120. The lowest BCUT2D eigenvalue weighted by Gasteiger charge is -2.28. The summed E-state index contributed by atoms with van der Waals surface area (Å²) in [5, 5.41) is 14.6. The van der Waals surface area contributed by atoms with Crippen LogP contribution in [0.1, 0.15) is 40.2 Å². The highest BCUT2D eigenvalue weighted by atomic mass is 16.6. The van der Waals surface area contributed by atoms with Crippen molar-refractivity contribution in [2.24, 2.45) is 0 Å². The molecule has 2 heterocycles. The quantitative estimate of drug-likeness (QED) is 0.369. The standard InChI is InChI=1S/C29H38N6O6/c1-28(2,3)40-26(38)34-21-16-31-23-17(10-9-13-22(23)35(6)25(21)37)14-29(4,5)41-27(39)33-20-15-30-18-11-7-8-12-19(18)32-24(20)36/h7-13,20-21,30-31H,14-16H2,1-6H3,(H,32,36)(H,33,39)(H,34,38)/t20?,21-/m0/s1. The maximum absolute atomic E-state index is 13.2. The highest BCUT2D eigenvalue weighted by molar-refractivity contribution is 6.03. The van der Waals surface area contributed by atoms with Gasteiger partial charge in [-0.2, -0.15) is 0 Å². The molecule has 41 heavy (non-hydrogen) atoms. The van der Waals surface area contributed by atoms with Crippen LogP contribution in [0.3, 0.4) is 0 Å². The largest absolute Gasteiger partial charge is 0.444 e. The third-order valence-electron chi connectivity index (χ3n) is 6.57. The molecular weight excluding hydrogens is 528 g/mol. The zero-order valence-corrected chi connectivity index (χ0v) is 24.2. The average molecular weight is 567 g/mol. The summed E-state index contributed by atoms with van der Waals surface area (Å²) in [4.78, 5) is 52.5. The minimum absolute atomic E-state index is 0.139. The molecule has 4 rings (SSSR count). The van der Waals surface area contributed by atoms with Crippen molar-refractivity contribution in [1.29, 1.82) is 0 Å². The zero-order valence-electron chi connectivity index (χ0n) is 24.2. The second kappa shape index (κ2) is 11.6. The van der Waals surface area contributed by atoms with Gasteiger partial charge in [-0.05, 0) is 58.4 Å². The SMILES string of the molecule is CN1C(=O)[C@@H](NC(=O)OC(C)(C)C)CNc2c(CC(C)(C)OC(=O)NC3CNc4ccccc4NC3=O)cccc21. The number of hydrogen-bond donors (Lipinski definition) is 5. The summed E-state index contributed by atoms with van der Waals surface area (Å²) in [6.07, 6.45) is -1.10. The topological polar surface area (TPSA) is 150 Å². The van der Waals surface area contributed by atoms with Gasteiger partial charge in [0.25, 0.3) is 5.91 Å². The summed E-state index contributed by atoms with van der Waals surface area (Å²) in [6, 6.07) is 11.1. The fourth-order valence-electron chi connectivity index (χ4n) is 4.73. The van der Waals surface area contributed by atoms with E-state index in [1.165, 1.54) is 4.90 Å². The minimum Gasteiger partial charge on any atom is -0.444 e. The van der Waals surface area contributed by atoms with E-state index in [9.17, 15) is 19.2 Å². The molecule has 0 saturated heterocycles. The Kier molecular flexibility index (Phi) is 8.32. The number of amides is 4. The van der Waals surface area contributed by atoms with Gasteiger partial charge >= 0.3 is 12.2 Å². The molecule has 0 radical (unpaired) electrons. The zero-order chi connectivity index (χ0) is 29.9. The van der Waals surface area contributed by atoms with Crippen LogP contribution in [0.4, 0.5) is 32.3 Å². The van der Waals surface area contributed by atoms with Crippen molar-refractivity contribution in [2.45, 2.75) is 64.3 Å². The van der Waals surface area contributed by atoms with Gasteiger partial charge in [-0.3, -0.25) is 9.59 Å². The number of benzene rings is 2. The lowest BCUT2D eigenvalue weighted by Crippen LogP contribution is -2.50. The second-order valence-corrected chi connectivity index (χ2v) is 11.7. The number of anilines is 4. The van der Waals surface area contributed by atoms with E-state index in [4.69, 9.17) is 9.47 Å². The number of fused-ring (bicyclic) bond motifs is 2. The average Bonchev–Trinajstić information content (AvgIpc) is 3.09. The van der Waals surface area contributed by atoms with Crippen molar-refractivity contribution in [2.75, 3.05) is 41.0 Å². The number of nitrogens with one attached hydrogen (secondary N) is 5. The van der Waals surface area contributed by atoms with Gasteiger partial charge in [-0.25, -0.2) is 9.59 Å². The Morgan fingerprint density at radius 3 is 2.22 bits per heavy atom. The predicted octanol–water partition coefficient (Wildman–Crippen LogP) is 3.45. The predicted molar refractivity (Wildman–Crippen MR) is 156 cm³/mol. The van der Waals surface area contributed by atoms with Gasteiger partial charge in [0.1, 0.15) is 23.3 Å². The molecule has 220 valence electrons. The van der Waals surface area contributed by atoms with Crippen molar-refractivity contribution in [3.05, 3.63) is 48.0 Å². The van der Waals surface area contributed by atoms with Gasteiger partial charge in [-0.1, -0.05) is 24.3 Å². The normalized spacial score (nSPS) is 18.7. The lowest BCUT2D eigenvalue weighted by atomic mass is 9.96. The molecule has 5 N–H and O–H groups in total. The van der Waals surface area contributed by atoms with Gasteiger partial charge in [0.05, 0.1) is 22.7 Å². The van der Waals surface area contributed by atoms with E-state index >= 15 is 0 Å². The monoisotopic (exact) mass is 566 g/mol. The molecule has 2 aliphatic rings. The number of rotatable bonds is 5. The summed E-state index contributed by atoms with van der Waals surface area (Å²) in [5.74, 6) is -0.649. The van der Waals surface area contributed by atoms with Gasteiger partial charge in [-0.15, -0.1) is 0 Å². The Labute approximate surface area is 239 Å². The highest BCUT2D eigenvalue weighted by Gasteiger charge is 2.34. The molecule has 0 fully saturated rings. The number of carbonyl (C=O) groups is 4. The van der Waals surface area contributed by atoms with Crippen molar-refractivity contribution >= 4 is 46.8 Å². The molecule has 0 aliphatic carbocycles.